The summed E-state index contributed by atoms with van der Waals surface area (Å²) in [7, 11) is 0. The molecule has 3 N–H and O–H groups in total. The van der Waals surface area contributed by atoms with Gasteiger partial charge in [-0.3, -0.25) is 9.59 Å². The third-order valence-corrected chi connectivity index (χ3v) is 5.58. The molecule has 3 aromatic rings. The van der Waals surface area contributed by atoms with E-state index in [2.05, 4.69) is 21.6 Å². The van der Waals surface area contributed by atoms with E-state index >= 15 is 0 Å². The van der Waals surface area contributed by atoms with Gasteiger partial charge in [0.15, 0.2) is 0 Å². The van der Waals surface area contributed by atoms with Crippen molar-refractivity contribution >= 4 is 34.0 Å². The summed E-state index contributed by atoms with van der Waals surface area (Å²) in [6.45, 7) is 3.86. The number of hydrogen-bond donors (Lipinski definition) is 3. The Labute approximate surface area is 181 Å². The van der Waals surface area contributed by atoms with Gasteiger partial charge in [-0.05, 0) is 60.9 Å². The SMILES string of the molecule is CC(CC(=O)Nc1cccc(N2CCCC2)c1)NC(=O)c1cc2ccccc2cc1O. The number of aromatic hydroxyl groups is 1. The zero-order chi connectivity index (χ0) is 21.8. The number of benzene rings is 3. The Kier molecular flexibility index (Phi) is 6.07. The van der Waals surface area contributed by atoms with Gasteiger partial charge in [0, 0.05) is 36.9 Å². The van der Waals surface area contributed by atoms with E-state index in [-0.39, 0.29) is 29.7 Å². The Morgan fingerprint density at radius 3 is 2.45 bits per heavy atom. The molecule has 160 valence electrons. The Hall–Kier alpha value is -3.54. The van der Waals surface area contributed by atoms with Crippen LogP contribution in [0.1, 0.15) is 36.5 Å². The number of nitrogens with one attached hydrogen (secondary N) is 2. The number of phenols is 1. The molecule has 0 radical (unpaired) electrons. The van der Waals surface area contributed by atoms with Gasteiger partial charge in [-0.15, -0.1) is 0 Å². The summed E-state index contributed by atoms with van der Waals surface area (Å²) >= 11 is 0. The maximum atomic E-state index is 12.6. The Morgan fingerprint density at radius 1 is 1.00 bits per heavy atom. The van der Waals surface area contributed by atoms with Crippen molar-refractivity contribution in [3.63, 3.8) is 0 Å². The first-order valence-corrected chi connectivity index (χ1v) is 10.7. The molecule has 1 unspecified atom stereocenters. The van der Waals surface area contributed by atoms with Gasteiger partial charge in [0.25, 0.3) is 5.91 Å². The van der Waals surface area contributed by atoms with E-state index in [0.717, 1.165) is 35.2 Å². The van der Waals surface area contributed by atoms with Gasteiger partial charge in [-0.1, -0.05) is 30.3 Å². The third-order valence-electron chi connectivity index (χ3n) is 5.58. The van der Waals surface area contributed by atoms with E-state index in [1.54, 1.807) is 19.1 Å². The standard InChI is InChI=1S/C25H27N3O3/c1-17(26-25(31)22-14-18-7-2-3-8-19(18)15-23(22)29)13-24(30)27-20-9-6-10-21(16-20)28-11-4-5-12-28/h2-3,6-10,14-17,29H,4-5,11-13H2,1H3,(H,26,31)(H,27,30). The van der Waals surface area contributed by atoms with E-state index in [4.69, 9.17) is 0 Å². The summed E-state index contributed by atoms with van der Waals surface area (Å²) in [6.07, 6.45) is 2.52. The predicted octanol–water partition coefficient (Wildman–Crippen LogP) is 4.29. The van der Waals surface area contributed by atoms with Crippen molar-refractivity contribution in [2.24, 2.45) is 0 Å². The molecule has 4 rings (SSSR count). The van der Waals surface area contributed by atoms with Gasteiger partial charge >= 0.3 is 0 Å². The van der Waals surface area contributed by atoms with Crippen LogP contribution < -0.4 is 15.5 Å². The molecule has 0 saturated carbocycles. The van der Waals surface area contributed by atoms with Crippen LogP contribution in [-0.4, -0.2) is 36.1 Å². The molecule has 0 spiro atoms. The first-order chi connectivity index (χ1) is 15.0. The van der Waals surface area contributed by atoms with Gasteiger partial charge in [-0.25, -0.2) is 0 Å². The van der Waals surface area contributed by atoms with Crippen molar-refractivity contribution < 1.29 is 14.7 Å². The number of amides is 2. The molecule has 6 nitrogen and oxygen atoms in total. The molecule has 2 amide bonds. The van der Waals surface area contributed by atoms with E-state index in [1.807, 2.05) is 42.5 Å². The fourth-order valence-electron chi connectivity index (χ4n) is 4.01. The van der Waals surface area contributed by atoms with Gasteiger partial charge < -0.3 is 20.6 Å². The number of carbonyl (C=O) groups is 2. The van der Waals surface area contributed by atoms with Gasteiger partial charge in [0.05, 0.1) is 5.56 Å². The molecule has 1 aliphatic heterocycles. The lowest BCUT2D eigenvalue weighted by Crippen LogP contribution is -2.35. The van der Waals surface area contributed by atoms with Crippen LogP contribution in [0.4, 0.5) is 11.4 Å². The van der Waals surface area contributed by atoms with Crippen molar-refractivity contribution in [3.8, 4) is 5.75 Å². The maximum absolute atomic E-state index is 12.6. The summed E-state index contributed by atoms with van der Waals surface area (Å²) in [4.78, 5) is 27.4. The molecule has 31 heavy (non-hydrogen) atoms. The first kappa shape index (κ1) is 20.7. The van der Waals surface area contributed by atoms with Crippen LogP contribution in [0.3, 0.4) is 0 Å². The van der Waals surface area contributed by atoms with Gasteiger partial charge in [0.2, 0.25) is 5.91 Å². The smallest absolute Gasteiger partial charge is 0.255 e. The Bertz CT molecular complexity index is 1110. The number of rotatable bonds is 6. The second kappa shape index (κ2) is 9.08. The molecule has 1 saturated heterocycles. The minimum absolute atomic E-state index is 0.0772. The van der Waals surface area contributed by atoms with Crippen LogP contribution >= 0.6 is 0 Å². The summed E-state index contributed by atoms with van der Waals surface area (Å²) in [5, 5.41) is 17.7. The molecule has 0 bridgehead atoms. The van der Waals surface area contributed by atoms with Crippen LogP contribution in [0.25, 0.3) is 10.8 Å². The largest absolute Gasteiger partial charge is 0.507 e. The molecular weight excluding hydrogens is 390 g/mol. The predicted molar refractivity (Wildman–Crippen MR) is 124 cm³/mol. The summed E-state index contributed by atoms with van der Waals surface area (Å²) < 4.78 is 0. The highest BCUT2D eigenvalue weighted by Crippen LogP contribution is 2.25. The lowest BCUT2D eigenvalue weighted by molar-refractivity contribution is -0.116. The van der Waals surface area contributed by atoms with Gasteiger partial charge in [-0.2, -0.15) is 0 Å². The second-order valence-electron chi connectivity index (χ2n) is 8.09. The highest BCUT2D eigenvalue weighted by molar-refractivity contribution is 6.02. The Morgan fingerprint density at radius 2 is 1.71 bits per heavy atom. The number of phenolic OH excluding ortho intramolecular Hbond substituents is 1. The van der Waals surface area contributed by atoms with Crippen molar-refractivity contribution in [1.82, 2.24) is 5.32 Å². The van der Waals surface area contributed by atoms with Crippen LogP contribution in [0, 0.1) is 0 Å². The minimum Gasteiger partial charge on any atom is -0.507 e. The number of carbonyl (C=O) groups excluding carboxylic acids is 2. The number of anilines is 2. The molecule has 1 atom stereocenters. The molecule has 6 heteroatoms. The monoisotopic (exact) mass is 417 g/mol. The quantitative estimate of drug-likeness (QED) is 0.559. The molecule has 1 fully saturated rings. The molecule has 0 aromatic heterocycles. The molecule has 3 aromatic carbocycles. The Balaban J connectivity index is 1.36. The second-order valence-corrected chi connectivity index (χ2v) is 8.09. The average Bonchev–Trinajstić information content (AvgIpc) is 3.28. The number of fused-ring (bicyclic) bond motifs is 1. The van der Waals surface area contributed by atoms with Gasteiger partial charge in [0.1, 0.15) is 5.75 Å². The highest BCUT2D eigenvalue weighted by atomic mass is 16.3. The summed E-state index contributed by atoms with van der Waals surface area (Å²) in [5.41, 5.74) is 2.06. The van der Waals surface area contributed by atoms with Crippen molar-refractivity contribution in [2.75, 3.05) is 23.3 Å². The topological polar surface area (TPSA) is 81.7 Å². The zero-order valence-corrected chi connectivity index (χ0v) is 17.6. The van der Waals surface area contributed by atoms with Crippen molar-refractivity contribution in [2.45, 2.75) is 32.2 Å². The number of hydrogen-bond acceptors (Lipinski definition) is 4. The van der Waals surface area contributed by atoms with Crippen LogP contribution in [0.15, 0.2) is 60.7 Å². The summed E-state index contributed by atoms with van der Waals surface area (Å²) in [6, 6.07) is 18.2. The highest BCUT2D eigenvalue weighted by Gasteiger charge is 2.17. The molecule has 0 aliphatic carbocycles. The molecule has 1 heterocycles. The first-order valence-electron chi connectivity index (χ1n) is 10.7. The van der Waals surface area contributed by atoms with Crippen molar-refractivity contribution in [1.29, 1.82) is 0 Å². The van der Waals surface area contributed by atoms with Crippen LogP contribution in [0.2, 0.25) is 0 Å². The third kappa shape index (κ3) is 4.97. The lowest BCUT2D eigenvalue weighted by atomic mass is 10.0. The fraction of sp³-hybridized carbons (Fsp3) is 0.280. The average molecular weight is 418 g/mol. The number of nitrogens with zero attached hydrogens (tertiary/aromatic N) is 1. The maximum Gasteiger partial charge on any atom is 0.255 e. The van der Waals surface area contributed by atoms with E-state index in [9.17, 15) is 14.7 Å². The normalized spacial score (nSPS) is 14.4. The zero-order valence-electron chi connectivity index (χ0n) is 17.6. The van der Waals surface area contributed by atoms with E-state index in [0.29, 0.717) is 0 Å². The minimum atomic E-state index is -0.403. The van der Waals surface area contributed by atoms with Crippen LogP contribution in [-0.2, 0) is 4.79 Å². The summed E-state index contributed by atoms with van der Waals surface area (Å²) in [5.74, 6) is -0.653. The fourth-order valence-corrected chi connectivity index (χ4v) is 4.01. The molecular formula is C25H27N3O3. The van der Waals surface area contributed by atoms with Crippen molar-refractivity contribution in [3.05, 3.63) is 66.2 Å². The lowest BCUT2D eigenvalue weighted by Gasteiger charge is -2.19. The van der Waals surface area contributed by atoms with E-state index < -0.39 is 5.91 Å². The van der Waals surface area contributed by atoms with E-state index in [1.165, 1.54) is 12.8 Å². The molecule has 1 aliphatic rings. The van der Waals surface area contributed by atoms with Crippen LogP contribution in [0.5, 0.6) is 5.75 Å².